The zero-order valence-electron chi connectivity index (χ0n) is 20.4. The molecule has 5 rings (SSSR count). The molecule has 5 nitrogen and oxygen atoms in total. The summed E-state index contributed by atoms with van der Waals surface area (Å²) in [5.74, 6) is -1.04. The third kappa shape index (κ3) is 4.64. The Labute approximate surface area is 207 Å². The van der Waals surface area contributed by atoms with Crippen LogP contribution >= 0.6 is 0 Å². The number of carbonyl (C=O) groups is 1. The van der Waals surface area contributed by atoms with Gasteiger partial charge in [0, 0.05) is 12.8 Å². The average Bonchev–Trinajstić information content (AvgIpc) is 3.34. The Morgan fingerprint density at radius 2 is 1.29 bits per heavy atom. The van der Waals surface area contributed by atoms with E-state index in [4.69, 9.17) is 18.9 Å². The summed E-state index contributed by atoms with van der Waals surface area (Å²) in [6, 6.07) is 30.9. The lowest BCUT2D eigenvalue weighted by Crippen LogP contribution is -2.37. The fraction of sp³-hybridized carbons (Fsp3) is 0.367. The van der Waals surface area contributed by atoms with E-state index in [1.165, 1.54) is 6.92 Å². The molecule has 1 saturated carbocycles. The second-order valence-electron chi connectivity index (χ2n) is 9.80. The Kier molecular flexibility index (Phi) is 6.49. The molecule has 3 aromatic carbocycles. The van der Waals surface area contributed by atoms with Crippen LogP contribution in [-0.2, 0) is 29.3 Å². The molecule has 1 heterocycles. The van der Waals surface area contributed by atoms with Crippen LogP contribution in [0.2, 0.25) is 0 Å². The molecule has 1 aliphatic carbocycles. The number of hydrogen-bond acceptors (Lipinski definition) is 5. The first-order valence-corrected chi connectivity index (χ1v) is 12.2. The minimum atomic E-state index is -0.812. The molecule has 4 atom stereocenters. The van der Waals surface area contributed by atoms with Crippen LogP contribution in [0.1, 0.15) is 43.9 Å². The maximum absolute atomic E-state index is 11.8. The van der Waals surface area contributed by atoms with E-state index in [2.05, 4.69) is 36.4 Å². The molecule has 1 aliphatic heterocycles. The summed E-state index contributed by atoms with van der Waals surface area (Å²) in [5, 5.41) is 0. The van der Waals surface area contributed by atoms with Gasteiger partial charge in [0.05, 0.1) is 12.7 Å². The Morgan fingerprint density at radius 3 is 1.74 bits per heavy atom. The van der Waals surface area contributed by atoms with E-state index < -0.39 is 11.4 Å². The second kappa shape index (κ2) is 9.57. The van der Waals surface area contributed by atoms with Crippen LogP contribution in [0, 0.1) is 5.92 Å². The highest BCUT2D eigenvalue weighted by Gasteiger charge is 2.56. The van der Waals surface area contributed by atoms with Gasteiger partial charge in [-0.1, -0.05) is 91.0 Å². The van der Waals surface area contributed by atoms with E-state index in [0.29, 0.717) is 13.0 Å². The first-order valence-electron chi connectivity index (χ1n) is 12.2. The summed E-state index contributed by atoms with van der Waals surface area (Å²) in [4.78, 5) is 11.8. The van der Waals surface area contributed by atoms with Crippen molar-refractivity contribution in [2.45, 2.75) is 56.9 Å². The molecule has 0 amide bonds. The average molecular weight is 473 g/mol. The molecule has 0 spiro atoms. The molecule has 182 valence electrons. The predicted octanol–water partition coefficient (Wildman–Crippen LogP) is 5.47. The van der Waals surface area contributed by atoms with Crippen molar-refractivity contribution in [1.29, 1.82) is 0 Å². The smallest absolute Gasteiger partial charge is 0.302 e. The molecule has 3 aromatic rings. The van der Waals surface area contributed by atoms with Gasteiger partial charge in [0.25, 0.3) is 0 Å². The van der Waals surface area contributed by atoms with Gasteiger partial charge in [0.2, 0.25) is 0 Å². The summed E-state index contributed by atoms with van der Waals surface area (Å²) in [6.07, 6.45) is -0.247. The van der Waals surface area contributed by atoms with Crippen molar-refractivity contribution in [2.75, 3.05) is 6.61 Å². The van der Waals surface area contributed by atoms with Crippen LogP contribution in [0.4, 0.5) is 0 Å². The maximum Gasteiger partial charge on any atom is 0.302 e. The van der Waals surface area contributed by atoms with E-state index in [-0.39, 0.29) is 30.2 Å². The van der Waals surface area contributed by atoms with Gasteiger partial charge in [-0.25, -0.2) is 0 Å². The fourth-order valence-corrected chi connectivity index (χ4v) is 5.53. The molecular weight excluding hydrogens is 440 g/mol. The Bertz CT molecular complexity index is 1030. The van der Waals surface area contributed by atoms with E-state index in [9.17, 15) is 4.79 Å². The number of carbonyl (C=O) groups excluding carboxylic acids is 1. The first-order chi connectivity index (χ1) is 16.9. The van der Waals surface area contributed by atoms with Crippen molar-refractivity contribution >= 4 is 5.97 Å². The normalized spacial score (nSPS) is 25.2. The molecule has 0 N–H and O–H groups in total. The molecule has 2 fully saturated rings. The van der Waals surface area contributed by atoms with Crippen LogP contribution in [0.25, 0.3) is 0 Å². The van der Waals surface area contributed by atoms with Gasteiger partial charge < -0.3 is 18.9 Å². The highest BCUT2D eigenvalue weighted by Crippen LogP contribution is 2.46. The largest absolute Gasteiger partial charge is 0.460 e. The maximum atomic E-state index is 11.8. The third-order valence-corrected chi connectivity index (χ3v) is 6.90. The van der Waals surface area contributed by atoms with Gasteiger partial charge in [-0.15, -0.1) is 0 Å². The third-order valence-electron chi connectivity index (χ3n) is 6.90. The van der Waals surface area contributed by atoms with E-state index in [0.717, 1.165) is 16.7 Å². The zero-order valence-corrected chi connectivity index (χ0v) is 20.4. The Morgan fingerprint density at radius 1 is 0.829 bits per heavy atom. The van der Waals surface area contributed by atoms with Crippen molar-refractivity contribution in [1.82, 2.24) is 0 Å². The summed E-state index contributed by atoms with van der Waals surface area (Å²) < 4.78 is 25.1. The lowest BCUT2D eigenvalue weighted by molar-refractivity contribution is -0.180. The van der Waals surface area contributed by atoms with Crippen molar-refractivity contribution in [3.8, 4) is 0 Å². The fourth-order valence-electron chi connectivity index (χ4n) is 5.53. The highest BCUT2D eigenvalue weighted by atomic mass is 16.8. The summed E-state index contributed by atoms with van der Waals surface area (Å²) in [6.45, 7) is 5.65. The molecule has 35 heavy (non-hydrogen) atoms. The summed E-state index contributed by atoms with van der Waals surface area (Å²) in [7, 11) is 0. The lowest BCUT2D eigenvalue weighted by atomic mass is 9.80. The number of rotatable bonds is 7. The van der Waals surface area contributed by atoms with Crippen LogP contribution < -0.4 is 0 Å². The Balaban J connectivity index is 1.53. The van der Waals surface area contributed by atoms with Crippen molar-refractivity contribution in [2.24, 2.45) is 5.92 Å². The SMILES string of the molecule is CC(=O)O[C@@H]1C[C@H](COC(c2ccccc2)(c2ccccc2)c2ccccc2)[C@H]2OC(C)(C)O[C@H]21. The van der Waals surface area contributed by atoms with E-state index in [1.807, 2.05) is 68.4 Å². The van der Waals surface area contributed by atoms with Crippen LogP contribution in [0.3, 0.4) is 0 Å². The van der Waals surface area contributed by atoms with Gasteiger partial charge in [-0.3, -0.25) is 4.79 Å². The minimum Gasteiger partial charge on any atom is -0.460 e. The van der Waals surface area contributed by atoms with Gasteiger partial charge in [0.15, 0.2) is 5.79 Å². The second-order valence-corrected chi connectivity index (χ2v) is 9.80. The van der Waals surface area contributed by atoms with Crippen LogP contribution in [0.15, 0.2) is 91.0 Å². The first kappa shape index (κ1) is 23.7. The monoisotopic (exact) mass is 472 g/mol. The van der Waals surface area contributed by atoms with Gasteiger partial charge in [-0.05, 0) is 37.0 Å². The van der Waals surface area contributed by atoms with Gasteiger partial charge in [-0.2, -0.15) is 0 Å². The van der Waals surface area contributed by atoms with E-state index >= 15 is 0 Å². The standard InChI is InChI=1S/C30H32O5/c1-21(31)33-26-19-22(27-28(26)35-29(2,3)34-27)20-32-30(23-13-7-4-8-14-23,24-15-9-5-10-16-24)25-17-11-6-12-18-25/h4-18,22,26-28H,19-20H2,1-3H3/t22-,26-,27-,28+/m1/s1. The quantitative estimate of drug-likeness (QED) is 0.337. The Hall–Kier alpha value is -2.99. The topological polar surface area (TPSA) is 54.0 Å². The molecule has 1 saturated heterocycles. The van der Waals surface area contributed by atoms with Crippen LogP contribution in [-0.4, -0.2) is 36.7 Å². The lowest BCUT2D eigenvalue weighted by Gasteiger charge is -2.37. The molecular formula is C30H32O5. The predicted molar refractivity (Wildman–Crippen MR) is 133 cm³/mol. The molecule has 0 radical (unpaired) electrons. The molecule has 0 unspecified atom stereocenters. The molecule has 5 heteroatoms. The summed E-state index contributed by atoms with van der Waals surface area (Å²) >= 11 is 0. The van der Waals surface area contributed by atoms with Crippen LogP contribution in [0.5, 0.6) is 0 Å². The van der Waals surface area contributed by atoms with Gasteiger partial charge in [0.1, 0.15) is 17.8 Å². The number of esters is 1. The van der Waals surface area contributed by atoms with Gasteiger partial charge >= 0.3 is 5.97 Å². The molecule has 0 aromatic heterocycles. The summed E-state index contributed by atoms with van der Waals surface area (Å²) in [5.41, 5.74) is 2.33. The number of ether oxygens (including phenoxy) is 4. The minimum absolute atomic E-state index is 0.00152. The highest BCUT2D eigenvalue weighted by molar-refractivity contribution is 5.66. The number of fused-ring (bicyclic) bond motifs is 1. The van der Waals surface area contributed by atoms with Crippen molar-refractivity contribution in [3.05, 3.63) is 108 Å². The van der Waals surface area contributed by atoms with Crippen molar-refractivity contribution in [3.63, 3.8) is 0 Å². The molecule has 2 aliphatic rings. The number of benzene rings is 3. The zero-order chi connectivity index (χ0) is 24.5. The number of hydrogen-bond donors (Lipinski definition) is 0. The van der Waals surface area contributed by atoms with Crippen molar-refractivity contribution < 1.29 is 23.7 Å². The molecule has 0 bridgehead atoms. The van der Waals surface area contributed by atoms with E-state index in [1.54, 1.807) is 0 Å².